The molecule has 2 heterocycles. The summed E-state index contributed by atoms with van der Waals surface area (Å²) in [7, 11) is 1.39. The second kappa shape index (κ2) is 7.19. The zero-order chi connectivity index (χ0) is 16.1. The van der Waals surface area contributed by atoms with E-state index in [-0.39, 0.29) is 5.97 Å². The number of nitrogens with zero attached hydrogens (tertiary/aromatic N) is 4. The Morgan fingerprint density at radius 1 is 1.09 bits per heavy atom. The average molecular weight is 312 g/mol. The molecule has 2 aromatic rings. The lowest BCUT2D eigenvalue weighted by molar-refractivity contribution is 0.0601. The molecular formula is C17H20N4O2. The highest BCUT2D eigenvalue weighted by molar-refractivity contribution is 5.89. The molecule has 0 unspecified atom stereocenters. The molecule has 0 N–H and O–H groups in total. The number of aromatic nitrogens is 2. The van der Waals surface area contributed by atoms with Crippen molar-refractivity contribution in [3.05, 3.63) is 54.1 Å². The lowest BCUT2D eigenvalue weighted by Crippen LogP contribution is -2.46. The van der Waals surface area contributed by atoms with E-state index in [1.807, 2.05) is 30.3 Å². The van der Waals surface area contributed by atoms with Crippen LogP contribution in [-0.2, 0) is 11.3 Å². The number of benzene rings is 1. The van der Waals surface area contributed by atoms with Crippen LogP contribution in [0.1, 0.15) is 16.2 Å². The standard InChI is InChI=1S/C17H20N4O2/c1-23-17(22)14-3-5-15(6-4-14)21-11-9-20(10-12-21)13-16-18-7-2-8-19-16/h2-8H,9-13H2,1H3. The summed E-state index contributed by atoms with van der Waals surface area (Å²) in [6.07, 6.45) is 3.56. The van der Waals surface area contributed by atoms with E-state index in [2.05, 4.69) is 19.8 Å². The lowest BCUT2D eigenvalue weighted by Gasteiger charge is -2.35. The highest BCUT2D eigenvalue weighted by atomic mass is 16.5. The third-order valence-corrected chi connectivity index (χ3v) is 4.01. The van der Waals surface area contributed by atoms with E-state index in [0.717, 1.165) is 44.2 Å². The molecule has 1 aliphatic rings. The maximum Gasteiger partial charge on any atom is 0.337 e. The molecule has 1 aromatic heterocycles. The number of methoxy groups -OCH3 is 1. The van der Waals surface area contributed by atoms with E-state index in [0.29, 0.717) is 5.56 Å². The summed E-state index contributed by atoms with van der Waals surface area (Å²) in [4.78, 5) is 24.7. The van der Waals surface area contributed by atoms with Crippen LogP contribution in [0.2, 0.25) is 0 Å². The summed E-state index contributed by atoms with van der Waals surface area (Å²) in [5.41, 5.74) is 1.71. The minimum atomic E-state index is -0.302. The number of hydrogen-bond acceptors (Lipinski definition) is 6. The summed E-state index contributed by atoms with van der Waals surface area (Å²) in [6, 6.07) is 9.40. The third kappa shape index (κ3) is 3.84. The van der Waals surface area contributed by atoms with Crippen molar-refractivity contribution < 1.29 is 9.53 Å². The molecule has 6 nitrogen and oxygen atoms in total. The number of esters is 1. The molecule has 3 rings (SSSR count). The predicted molar refractivity (Wildman–Crippen MR) is 87.3 cm³/mol. The second-order valence-corrected chi connectivity index (χ2v) is 5.47. The van der Waals surface area contributed by atoms with Gasteiger partial charge in [0.05, 0.1) is 19.2 Å². The van der Waals surface area contributed by atoms with Gasteiger partial charge in [0.2, 0.25) is 0 Å². The van der Waals surface area contributed by atoms with E-state index < -0.39 is 0 Å². The maximum atomic E-state index is 11.5. The summed E-state index contributed by atoms with van der Waals surface area (Å²) in [6.45, 7) is 4.62. The van der Waals surface area contributed by atoms with Crippen molar-refractivity contribution in [2.45, 2.75) is 6.54 Å². The van der Waals surface area contributed by atoms with Gasteiger partial charge in [-0.05, 0) is 30.3 Å². The van der Waals surface area contributed by atoms with Gasteiger partial charge < -0.3 is 9.64 Å². The van der Waals surface area contributed by atoms with Crippen molar-refractivity contribution in [2.75, 3.05) is 38.2 Å². The minimum absolute atomic E-state index is 0.302. The molecular weight excluding hydrogens is 292 g/mol. The number of rotatable bonds is 4. The van der Waals surface area contributed by atoms with Crippen LogP contribution in [0.15, 0.2) is 42.7 Å². The molecule has 0 spiro atoms. The number of carbonyl (C=O) groups excluding carboxylic acids is 1. The fourth-order valence-electron chi connectivity index (χ4n) is 2.70. The Bertz CT molecular complexity index is 637. The smallest absolute Gasteiger partial charge is 0.337 e. The zero-order valence-electron chi connectivity index (χ0n) is 13.2. The molecule has 1 saturated heterocycles. The first kappa shape index (κ1) is 15.4. The van der Waals surface area contributed by atoms with Crippen molar-refractivity contribution >= 4 is 11.7 Å². The molecule has 0 amide bonds. The molecule has 0 bridgehead atoms. The zero-order valence-corrected chi connectivity index (χ0v) is 13.2. The molecule has 6 heteroatoms. The fourth-order valence-corrected chi connectivity index (χ4v) is 2.70. The Morgan fingerprint density at radius 2 is 1.74 bits per heavy atom. The molecule has 0 aliphatic carbocycles. The van der Waals surface area contributed by atoms with Gasteiger partial charge in [-0.1, -0.05) is 0 Å². The van der Waals surface area contributed by atoms with E-state index in [1.54, 1.807) is 12.4 Å². The summed E-state index contributed by atoms with van der Waals surface area (Å²) >= 11 is 0. The van der Waals surface area contributed by atoms with Crippen LogP contribution in [0.4, 0.5) is 5.69 Å². The largest absolute Gasteiger partial charge is 0.465 e. The average Bonchev–Trinajstić information content (AvgIpc) is 2.63. The molecule has 1 aromatic carbocycles. The highest BCUT2D eigenvalue weighted by Crippen LogP contribution is 2.18. The van der Waals surface area contributed by atoms with E-state index in [4.69, 9.17) is 4.74 Å². The van der Waals surface area contributed by atoms with Gasteiger partial charge in [-0.15, -0.1) is 0 Å². The van der Waals surface area contributed by atoms with Crippen molar-refractivity contribution in [1.82, 2.24) is 14.9 Å². The Kier molecular flexibility index (Phi) is 4.83. The Balaban J connectivity index is 1.55. The van der Waals surface area contributed by atoms with Crippen LogP contribution in [-0.4, -0.2) is 54.1 Å². The lowest BCUT2D eigenvalue weighted by atomic mass is 10.2. The van der Waals surface area contributed by atoms with Crippen LogP contribution in [0.5, 0.6) is 0 Å². The molecule has 1 fully saturated rings. The second-order valence-electron chi connectivity index (χ2n) is 5.47. The van der Waals surface area contributed by atoms with Crippen molar-refractivity contribution in [2.24, 2.45) is 0 Å². The number of piperazine rings is 1. The van der Waals surface area contributed by atoms with Gasteiger partial charge in [-0.25, -0.2) is 14.8 Å². The van der Waals surface area contributed by atoms with Gasteiger partial charge in [-0.3, -0.25) is 4.90 Å². The molecule has 0 radical (unpaired) electrons. The maximum absolute atomic E-state index is 11.5. The molecule has 120 valence electrons. The van der Waals surface area contributed by atoms with Gasteiger partial charge in [-0.2, -0.15) is 0 Å². The van der Waals surface area contributed by atoms with Gasteiger partial charge in [0, 0.05) is 44.3 Å². The first-order valence-electron chi connectivity index (χ1n) is 7.68. The molecule has 0 atom stereocenters. The van der Waals surface area contributed by atoms with Crippen molar-refractivity contribution in [1.29, 1.82) is 0 Å². The van der Waals surface area contributed by atoms with Crippen molar-refractivity contribution in [3.8, 4) is 0 Å². The minimum Gasteiger partial charge on any atom is -0.465 e. The number of carbonyl (C=O) groups is 1. The summed E-state index contributed by atoms with van der Waals surface area (Å²) in [5, 5.41) is 0. The topological polar surface area (TPSA) is 58.6 Å². The first-order chi connectivity index (χ1) is 11.3. The first-order valence-corrected chi connectivity index (χ1v) is 7.68. The van der Waals surface area contributed by atoms with E-state index in [1.165, 1.54) is 7.11 Å². The fraction of sp³-hybridized carbons (Fsp3) is 0.353. The SMILES string of the molecule is COC(=O)c1ccc(N2CCN(Cc3ncccn3)CC2)cc1. The van der Waals surface area contributed by atoms with Crippen molar-refractivity contribution in [3.63, 3.8) is 0 Å². The van der Waals surface area contributed by atoms with Gasteiger partial charge in [0.1, 0.15) is 5.82 Å². The van der Waals surface area contributed by atoms with Crippen LogP contribution in [0, 0.1) is 0 Å². The Hall–Kier alpha value is -2.47. The Morgan fingerprint density at radius 3 is 2.35 bits per heavy atom. The van der Waals surface area contributed by atoms with E-state index in [9.17, 15) is 4.79 Å². The Labute approximate surface area is 135 Å². The van der Waals surface area contributed by atoms with Crippen LogP contribution in [0.3, 0.4) is 0 Å². The van der Waals surface area contributed by atoms with Gasteiger partial charge in [0.25, 0.3) is 0 Å². The molecule has 0 saturated carbocycles. The molecule has 1 aliphatic heterocycles. The third-order valence-electron chi connectivity index (χ3n) is 4.01. The van der Waals surface area contributed by atoms with Crippen LogP contribution >= 0.6 is 0 Å². The predicted octanol–water partition coefficient (Wildman–Crippen LogP) is 1.59. The van der Waals surface area contributed by atoms with Crippen LogP contribution < -0.4 is 4.90 Å². The number of anilines is 1. The van der Waals surface area contributed by atoms with Crippen LogP contribution in [0.25, 0.3) is 0 Å². The number of ether oxygens (including phenoxy) is 1. The monoisotopic (exact) mass is 312 g/mol. The van der Waals surface area contributed by atoms with Gasteiger partial charge in [0.15, 0.2) is 0 Å². The quantitative estimate of drug-likeness (QED) is 0.799. The highest BCUT2D eigenvalue weighted by Gasteiger charge is 2.18. The molecule has 23 heavy (non-hydrogen) atoms. The normalized spacial score (nSPS) is 15.4. The summed E-state index contributed by atoms with van der Waals surface area (Å²) < 4.78 is 4.72. The van der Waals surface area contributed by atoms with E-state index >= 15 is 0 Å². The van der Waals surface area contributed by atoms with Gasteiger partial charge >= 0.3 is 5.97 Å². The number of hydrogen-bond donors (Lipinski definition) is 0. The summed E-state index contributed by atoms with van der Waals surface area (Å²) in [5.74, 6) is 0.563.